The van der Waals surface area contributed by atoms with Gasteiger partial charge in [0.15, 0.2) is 11.5 Å². The lowest BCUT2D eigenvalue weighted by Crippen LogP contribution is -2.13. The first-order chi connectivity index (χ1) is 8.56. The predicted molar refractivity (Wildman–Crippen MR) is 65.1 cm³/mol. The fraction of sp³-hybridized carbons (Fsp3) is 0.154. The van der Waals surface area contributed by atoms with Crippen LogP contribution in [0.3, 0.4) is 0 Å². The van der Waals surface area contributed by atoms with Gasteiger partial charge in [-0.3, -0.25) is 14.3 Å². The van der Waals surface area contributed by atoms with Crippen molar-refractivity contribution in [1.29, 1.82) is 0 Å². The van der Waals surface area contributed by atoms with Crippen LogP contribution in [-0.4, -0.2) is 21.5 Å². The predicted octanol–water partition coefficient (Wildman–Crippen LogP) is 1.03. The van der Waals surface area contributed by atoms with E-state index in [1.165, 1.54) is 6.92 Å². The van der Waals surface area contributed by atoms with Crippen molar-refractivity contribution < 1.29 is 9.59 Å². The minimum Gasteiger partial charge on any atom is -0.364 e. The Bertz CT molecular complexity index is 602. The number of hydrogen-bond acceptors (Lipinski definition) is 3. The van der Waals surface area contributed by atoms with E-state index in [0.717, 1.165) is 5.56 Å². The van der Waals surface area contributed by atoms with Crippen molar-refractivity contribution >= 4 is 11.7 Å². The van der Waals surface area contributed by atoms with E-state index in [2.05, 4.69) is 11.2 Å². The third-order valence-corrected chi connectivity index (χ3v) is 2.49. The van der Waals surface area contributed by atoms with Crippen LogP contribution in [0.4, 0.5) is 0 Å². The zero-order valence-corrected chi connectivity index (χ0v) is 9.88. The van der Waals surface area contributed by atoms with E-state index in [-0.39, 0.29) is 11.5 Å². The monoisotopic (exact) mass is 242 g/mol. The number of nitrogens with two attached hydrogens (primary N) is 1. The average Bonchev–Trinajstić information content (AvgIpc) is 2.78. The Morgan fingerprint density at radius 1 is 1.44 bits per heavy atom. The molecule has 0 aliphatic rings. The minimum absolute atomic E-state index is 0.0155. The highest BCUT2D eigenvalue weighted by Crippen LogP contribution is 2.08. The van der Waals surface area contributed by atoms with Gasteiger partial charge in [-0.05, 0) is 18.6 Å². The molecule has 1 aromatic heterocycles. The zero-order chi connectivity index (χ0) is 13.1. The van der Waals surface area contributed by atoms with Gasteiger partial charge in [0.05, 0.1) is 6.54 Å². The summed E-state index contributed by atoms with van der Waals surface area (Å²) in [6.45, 7) is 1.98. The molecule has 5 nitrogen and oxygen atoms in total. The molecule has 0 unspecified atom stereocenters. The van der Waals surface area contributed by atoms with Gasteiger partial charge in [0, 0.05) is 17.8 Å². The number of nitrogens with zero attached hydrogens (tertiary/aromatic N) is 2. The van der Waals surface area contributed by atoms with Gasteiger partial charge in [0.1, 0.15) is 0 Å². The number of ketones is 1. The van der Waals surface area contributed by atoms with Crippen LogP contribution in [0.15, 0.2) is 30.5 Å². The SMILES string of the molecule is CC(=O)c1cccc(Cn2c[c]c(C(N)=O)n2)c1. The van der Waals surface area contributed by atoms with Crippen LogP contribution >= 0.6 is 0 Å². The molecule has 5 heteroatoms. The molecule has 1 aromatic carbocycles. The van der Waals surface area contributed by atoms with Crippen LogP contribution in [0.2, 0.25) is 0 Å². The molecular weight excluding hydrogens is 230 g/mol. The van der Waals surface area contributed by atoms with E-state index in [4.69, 9.17) is 5.73 Å². The van der Waals surface area contributed by atoms with Crippen LogP contribution in [0.25, 0.3) is 0 Å². The molecule has 0 fully saturated rings. The standard InChI is InChI=1S/C13H12N3O2/c1-9(17)11-4-2-3-10(7-11)8-16-6-5-12(15-16)13(14)18/h2-4,6-7H,8H2,1H3,(H2,14,18). The van der Waals surface area contributed by atoms with Crippen LogP contribution < -0.4 is 5.73 Å². The summed E-state index contributed by atoms with van der Waals surface area (Å²) in [5, 5.41) is 3.98. The maximum Gasteiger partial charge on any atom is 0.269 e. The number of rotatable bonds is 4. The van der Waals surface area contributed by atoms with E-state index in [0.29, 0.717) is 12.1 Å². The third-order valence-electron chi connectivity index (χ3n) is 2.49. The van der Waals surface area contributed by atoms with Crippen LogP contribution in [0, 0.1) is 6.07 Å². The number of Topliss-reactive ketones (excluding diaryl/α,β-unsaturated/α-hetero) is 1. The molecule has 1 heterocycles. The maximum atomic E-state index is 11.3. The molecule has 1 radical (unpaired) electrons. The van der Waals surface area contributed by atoms with Crippen molar-refractivity contribution in [1.82, 2.24) is 9.78 Å². The molecule has 0 aliphatic heterocycles. The van der Waals surface area contributed by atoms with Crippen molar-refractivity contribution in [2.45, 2.75) is 13.5 Å². The number of amides is 1. The first-order valence-electron chi connectivity index (χ1n) is 5.41. The van der Waals surface area contributed by atoms with E-state index in [9.17, 15) is 9.59 Å². The first-order valence-corrected chi connectivity index (χ1v) is 5.41. The van der Waals surface area contributed by atoms with Crippen molar-refractivity contribution in [3.8, 4) is 0 Å². The Morgan fingerprint density at radius 3 is 2.83 bits per heavy atom. The molecule has 18 heavy (non-hydrogen) atoms. The highest BCUT2D eigenvalue weighted by Gasteiger charge is 2.06. The van der Waals surface area contributed by atoms with Gasteiger partial charge in [0.2, 0.25) is 0 Å². The fourth-order valence-electron chi connectivity index (χ4n) is 1.60. The average molecular weight is 242 g/mol. The first kappa shape index (κ1) is 12.0. The molecular formula is C13H12N3O2. The smallest absolute Gasteiger partial charge is 0.269 e. The summed E-state index contributed by atoms with van der Waals surface area (Å²) in [6, 6.07) is 9.93. The largest absolute Gasteiger partial charge is 0.364 e. The number of aromatic nitrogens is 2. The molecule has 0 spiro atoms. The van der Waals surface area contributed by atoms with Gasteiger partial charge in [0.25, 0.3) is 5.91 Å². The summed E-state index contributed by atoms with van der Waals surface area (Å²) in [7, 11) is 0. The topological polar surface area (TPSA) is 78.0 Å². The Hall–Kier alpha value is -2.43. The molecule has 0 atom stereocenters. The summed E-state index contributed by atoms with van der Waals surface area (Å²) in [5.41, 5.74) is 6.78. The van der Waals surface area contributed by atoms with Gasteiger partial charge in [-0.2, -0.15) is 5.10 Å². The molecule has 0 saturated carbocycles. The van der Waals surface area contributed by atoms with E-state index < -0.39 is 5.91 Å². The molecule has 0 bridgehead atoms. The molecule has 0 saturated heterocycles. The van der Waals surface area contributed by atoms with Crippen molar-refractivity contribution in [2.24, 2.45) is 5.73 Å². The molecule has 0 aliphatic carbocycles. The normalized spacial score (nSPS) is 10.3. The highest BCUT2D eigenvalue weighted by molar-refractivity contribution is 5.94. The van der Waals surface area contributed by atoms with Crippen LogP contribution in [0.1, 0.15) is 33.3 Å². The summed E-state index contributed by atoms with van der Waals surface area (Å²) in [4.78, 5) is 22.1. The Balaban J connectivity index is 2.20. The van der Waals surface area contributed by atoms with Gasteiger partial charge in [-0.25, -0.2) is 0 Å². The fourth-order valence-corrected chi connectivity index (χ4v) is 1.60. The number of carbonyl (C=O) groups excluding carboxylic acids is 2. The molecule has 2 aromatic rings. The zero-order valence-electron chi connectivity index (χ0n) is 9.88. The maximum absolute atomic E-state index is 11.3. The Kier molecular flexibility index (Phi) is 3.23. The van der Waals surface area contributed by atoms with Crippen LogP contribution in [0.5, 0.6) is 0 Å². The summed E-state index contributed by atoms with van der Waals surface area (Å²) in [5.74, 6) is -0.590. The molecule has 1 amide bonds. The lowest BCUT2D eigenvalue weighted by molar-refractivity contribution is 0.0991. The van der Waals surface area contributed by atoms with E-state index in [1.54, 1.807) is 23.0 Å². The summed E-state index contributed by atoms with van der Waals surface area (Å²) < 4.78 is 1.55. The number of benzene rings is 1. The molecule has 91 valence electrons. The summed E-state index contributed by atoms with van der Waals surface area (Å²) in [6.07, 6.45) is 1.56. The highest BCUT2D eigenvalue weighted by atomic mass is 16.1. The second-order valence-electron chi connectivity index (χ2n) is 3.94. The second-order valence-corrected chi connectivity index (χ2v) is 3.94. The van der Waals surface area contributed by atoms with Gasteiger partial charge >= 0.3 is 0 Å². The number of primary amides is 1. The molecule has 2 rings (SSSR count). The lowest BCUT2D eigenvalue weighted by atomic mass is 10.1. The van der Waals surface area contributed by atoms with Crippen LogP contribution in [-0.2, 0) is 6.54 Å². The Morgan fingerprint density at radius 2 is 2.22 bits per heavy atom. The quantitative estimate of drug-likeness (QED) is 0.813. The van der Waals surface area contributed by atoms with E-state index >= 15 is 0 Å². The van der Waals surface area contributed by atoms with Crippen molar-refractivity contribution in [3.05, 3.63) is 53.3 Å². The second kappa shape index (κ2) is 4.83. The Labute approximate surface area is 104 Å². The van der Waals surface area contributed by atoms with Crippen molar-refractivity contribution in [2.75, 3.05) is 0 Å². The van der Waals surface area contributed by atoms with Gasteiger partial charge in [-0.1, -0.05) is 18.2 Å². The molecule has 2 N–H and O–H groups in total. The number of carbonyl (C=O) groups is 2. The third kappa shape index (κ3) is 2.63. The van der Waals surface area contributed by atoms with Gasteiger partial charge in [-0.15, -0.1) is 0 Å². The lowest BCUT2D eigenvalue weighted by Gasteiger charge is -2.03. The van der Waals surface area contributed by atoms with E-state index in [1.807, 2.05) is 12.1 Å². The minimum atomic E-state index is -0.605. The van der Waals surface area contributed by atoms with Crippen molar-refractivity contribution in [3.63, 3.8) is 0 Å². The number of hydrogen-bond donors (Lipinski definition) is 1. The summed E-state index contributed by atoms with van der Waals surface area (Å²) >= 11 is 0. The van der Waals surface area contributed by atoms with Gasteiger partial charge < -0.3 is 5.73 Å².